The second kappa shape index (κ2) is 41.4. The van der Waals surface area contributed by atoms with E-state index in [9.17, 15) is 20.4 Å². The van der Waals surface area contributed by atoms with Crippen molar-refractivity contribution in [3.63, 3.8) is 0 Å². The Kier molecular flexibility index (Phi) is 47.4. The van der Waals surface area contributed by atoms with Gasteiger partial charge in [-0.2, -0.15) is 0 Å². The van der Waals surface area contributed by atoms with Crippen molar-refractivity contribution in [1.82, 2.24) is 0 Å². The average molecular weight is 1200 g/mol. The Morgan fingerprint density at radius 3 is 1.02 bits per heavy atom. The van der Waals surface area contributed by atoms with E-state index in [1.54, 1.807) is 0 Å². The molecule has 0 aromatic carbocycles. The zero-order valence-corrected chi connectivity index (χ0v) is 40.8. The Bertz CT molecular complexity index is 514. The van der Waals surface area contributed by atoms with Crippen molar-refractivity contribution in [2.75, 3.05) is 106 Å². The van der Waals surface area contributed by atoms with Crippen LogP contribution in [0.2, 0.25) is 0 Å². The molecule has 0 heterocycles. The monoisotopic (exact) mass is 1200 g/mol. The third-order valence-electron chi connectivity index (χ3n) is 5.47. The van der Waals surface area contributed by atoms with Crippen LogP contribution in [0.3, 0.4) is 0 Å². The summed E-state index contributed by atoms with van der Waals surface area (Å²) in [6.45, 7) is 2.24. The van der Waals surface area contributed by atoms with Gasteiger partial charge in [-0.1, -0.05) is 0 Å². The molecular weight excluding hydrogens is 1140 g/mol. The van der Waals surface area contributed by atoms with Crippen molar-refractivity contribution in [1.29, 1.82) is 0 Å². The Morgan fingerprint density at radius 1 is 0.447 bits per heavy atom. The quantitative estimate of drug-likeness (QED) is 0.0294. The molecule has 4 atom stereocenters. The van der Waals surface area contributed by atoms with Crippen LogP contribution in [-0.2, 0) is 37.9 Å². The van der Waals surface area contributed by atoms with Gasteiger partial charge in [0.25, 0.3) is 0 Å². The summed E-state index contributed by atoms with van der Waals surface area (Å²) in [5, 5.41) is 71.9. The topological polar surface area (TPSA) is 236 Å². The Labute approximate surface area is 268 Å². The third kappa shape index (κ3) is 39.5. The van der Waals surface area contributed by atoms with E-state index in [1.807, 2.05) is 0 Å². The van der Waals surface area contributed by atoms with Gasteiger partial charge in [0.2, 0.25) is 0 Å². The van der Waals surface area contributed by atoms with Crippen molar-refractivity contribution >= 4 is 0 Å². The second-order valence-electron chi connectivity index (χ2n) is 9.90. The predicted molar refractivity (Wildman–Crippen MR) is 162 cm³/mol. The fourth-order valence-electron chi connectivity index (χ4n) is 3.09. The smallest absolute Gasteiger partial charge is 0.101 e. The molecule has 0 bridgehead atoms. The maximum absolute atomic E-state index is 9.36. The van der Waals surface area contributed by atoms with Gasteiger partial charge in [-0.15, -0.1) is 0 Å². The van der Waals surface area contributed by atoms with Gasteiger partial charge in [-0.05, 0) is 25.7 Å². The summed E-state index contributed by atoms with van der Waals surface area (Å²) in [6, 6.07) is 0. The van der Waals surface area contributed by atoms with Gasteiger partial charge in [0.05, 0.1) is 83.7 Å². The Balaban J connectivity index is -0.000000188. The molecule has 0 aromatic heterocycles. The van der Waals surface area contributed by atoms with Gasteiger partial charge in [0.1, 0.15) is 12.2 Å². The molecule has 18 heteroatoms. The second-order valence-corrected chi connectivity index (χ2v) is 9.90. The molecule has 0 aliphatic heterocycles. The van der Waals surface area contributed by atoms with Gasteiger partial charge < -0.3 is 78.7 Å². The zero-order chi connectivity index (χ0) is 34.6. The number of ether oxygens (including phenoxy) is 8. The summed E-state index contributed by atoms with van der Waals surface area (Å²) in [6.07, 6.45) is 0.120. The van der Waals surface area contributed by atoms with E-state index in [2.05, 4.69) is 47.4 Å². The summed E-state index contributed by atoms with van der Waals surface area (Å²) in [4.78, 5) is 0. The number of hydrogen-bond donors (Lipinski definition) is 8. The third-order valence-corrected chi connectivity index (χ3v) is 5.47. The molecule has 47 heavy (non-hydrogen) atoms. The van der Waals surface area contributed by atoms with E-state index in [1.165, 1.54) is 0 Å². The molecule has 0 aliphatic carbocycles. The van der Waals surface area contributed by atoms with E-state index in [-0.39, 0.29) is 92.5 Å². The van der Waals surface area contributed by atoms with Gasteiger partial charge in [-0.3, -0.25) is 0 Å². The molecule has 8 N–H and O–H groups in total. The van der Waals surface area contributed by atoms with Crippen molar-refractivity contribution in [3.8, 4) is 0 Å². The molecule has 0 rings (SSSR count). The van der Waals surface area contributed by atoms with Crippen LogP contribution >= 0.6 is 0 Å². The summed E-state index contributed by atoms with van der Waals surface area (Å²) in [7, 11) is 12.6. The number of hydrogen-bond acceptors (Lipinski definition) is 16. The molecule has 0 saturated heterocycles. The van der Waals surface area contributed by atoms with Crippen molar-refractivity contribution in [2.45, 2.75) is 50.1 Å². The first-order chi connectivity index (χ1) is 21.6. The van der Waals surface area contributed by atoms with E-state index < -0.39 is 29.8 Å². The van der Waals surface area contributed by atoms with Gasteiger partial charge in [0, 0.05) is 39.6 Å². The minimum Gasteiger partial charge on any atom is -0.554 e. The largest absolute Gasteiger partial charge is 0.554 e. The van der Waals surface area contributed by atoms with Crippen LogP contribution in [-0.4, -0.2) is 171 Å². The van der Waals surface area contributed by atoms with Crippen LogP contribution < -0.4 is 0 Å². The number of aliphatic hydroxyl groups excluding tert-OH is 8. The van der Waals surface area contributed by atoms with Crippen LogP contribution in [0.1, 0.15) is 25.7 Å². The number of aliphatic hydroxyl groups is 8. The van der Waals surface area contributed by atoms with Gasteiger partial charge in [0.15, 0.2) is 0 Å². The molecule has 0 aromatic rings. The Hall–Kier alpha value is -2.64. The first kappa shape index (κ1) is 53.8. The van der Waals surface area contributed by atoms with Crippen LogP contribution in [0.4, 0.5) is 0 Å². The molecule has 16 nitrogen and oxygen atoms in total. The van der Waals surface area contributed by atoms with Crippen LogP contribution in [0.25, 0.3) is 0 Å². The normalized spacial score (nSPS) is 13.5. The minimum atomic E-state index is -0.774. The molecule has 0 fully saturated rings. The summed E-state index contributed by atoms with van der Waals surface area (Å²) in [5.41, 5.74) is -0.774. The maximum Gasteiger partial charge on any atom is 0.101 e. The predicted octanol–water partition coefficient (Wildman–Crippen LogP) is -1.78. The van der Waals surface area contributed by atoms with E-state index in [0.717, 1.165) is 0 Å². The molecule has 0 radical (unpaired) electrons. The summed E-state index contributed by atoms with van der Waals surface area (Å²) >= 11 is 0. The average Bonchev–Trinajstić information content (AvgIpc) is 3.02. The first-order valence-corrected chi connectivity index (χ1v) is 14.6. The SMILES string of the molecule is [CH2-]OCC(CO)(CO)CO[CH2-].[CH2-]OCC(O)CCCOCC(O)COCCO.[CH2-]OCC(O)CCCOCC(O)COCCO.[Rf].[Rf]. The number of rotatable bonds is 30. The van der Waals surface area contributed by atoms with Crippen LogP contribution in [0.15, 0.2) is 0 Å². The molecule has 0 amide bonds. The van der Waals surface area contributed by atoms with E-state index >= 15 is 0 Å². The molecule has 280 valence electrons. The van der Waals surface area contributed by atoms with Crippen LogP contribution in [0, 0.1) is 33.9 Å². The van der Waals surface area contributed by atoms with E-state index in [0.29, 0.717) is 38.9 Å². The molecule has 0 aliphatic rings. The maximum atomic E-state index is 9.36. The van der Waals surface area contributed by atoms with E-state index in [4.69, 9.17) is 39.4 Å². The van der Waals surface area contributed by atoms with Crippen molar-refractivity contribution in [3.05, 3.63) is 28.4 Å². The molecular formula is C29H60O16Rf2-4. The van der Waals surface area contributed by atoms with Crippen molar-refractivity contribution < 1.29 is 78.7 Å². The Morgan fingerprint density at radius 2 is 0.766 bits per heavy atom. The fraction of sp³-hybridized carbons (Fsp3) is 0.862. The first-order valence-electron chi connectivity index (χ1n) is 14.6. The zero-order valence-electron chi connectivity index (χ0n) is 28.0. The standard InChI is InChI=1S/2C11H23O6.C7H14O4.2Rf/c2*1-15-7-10(13)3-2-5-16-8-11(14)9-17-6-4-12;1-10-5-7(3-8,4-9)6-11-2;;/h2*10-14H,1-9H2;8-9H,1-6H2;;/q2*-1;-2;;. The van der Waals surface area contributed by atoms with Crippen molar-refractivity contribution in [2.24, 2.45) is 5.41 Å². The van der Waals surface area contributed by atoms with Crippen LogP contribution in [0.5, 0.6) is 0 Å². The summed E-state index contributed by atoms with van der Waals surface area (Å²) in [5.74, 6) is 0. The van der Waals surface area contributed by atoms with Gasteiger partial charge in [-0.25, -0.2) is 28.4 Å². The molecule has 0 spiro atoms. The van der Waals surface area contributed by atoms with Gasteiger partial charge >= 0.3 is 0 Å². The summed E-state index contributed by atoms with van der Waals surface area (Å²) < 4.78 is 38.4. The molecule has 4 unspecified atom stereocenters. The minimum absolute atomic E-state index is 0. The molecule has 0 saturated carbocycles. The fourth-order valence-corrected chi connectivity index (χ4v) is 3.09.